The summed E-state index contributed by atoms with van der Waals surface area (Å²) in [5.41, 5.74) is 8.70. The van der Waals surface area contributed by atoms with Crippen LogP contribution in [0.15, 0.2) is 53.7 Å². The summed E-state index contributed by atoms with van der Waals surface area (Å²) >= 11 is 0. The molecule has 0 aliphatic carbocycles. The Bertz CT molecular complexity index is 575. The number of hydrogen-bond donors (Lipinski definition) is 2. The maximum absolute atomic E-state index is 5.89. The van der Waals surface area contributed by atoms with Gasteiger partial charge in [0.1, 0.15) is 0 Å². The average Bonchev–Trinajstić information content (AvgIpc) is 2.49. The highest BCUT2D eigenvalue weighted by Crippen LogP contribution is 2.15. The van der Waals surface area contributed by atoms with Gasteiger partial charge >= 0.3 is 0 Å². The third-order valence-electron chi connectivity index (χ3n) is 2.72. The Balaban J connectivity index is 0.00000220. The SMILES string of the molecule is COCc1ccccc1NC(N)=NCc1ccccn1.I. The van der Waals surface area contributed by atoms with Gasteiger partial charge in [0, 0.05) is 24.6 Å². The van der Waals surface area contributed by atoms with Gasteiger partial charge in [-0.2, -0.15) is 0 Å². The number of halogens is 1. The second-order valence-corrected chi connectivity index (χ2v) is 4.24. The summed E-state index contributed by atoms with van der Waals surface area (Å²) in [5.74, 6) is 0.360. The number of aromatic nitrogens is 1. The molecule has 0 atom stereocenters. The van der Waals surface area contributed by atoms with Crippen molar-refractivity contribution in [2.45, 2.75) is 13.2 Å². The lowest BCUT2D eigenvalue weighted by Crippen LogP contribution is -2.23. The van der Waals surface area contributed by atoms with Crippen LogP contribution in [-0.4, -0.2) is 18.1 Å². The lowest BCUT2D eigenvalue weighted by atomic mass is 10.2. The second kappa shape index (κ2) is 9.30. The van der Waals surface area contributed by atoms with Crippen LogP contribution in [0.2, 0.25) is 0 Å². The number of nitrogens with two attached hydrogens (primary N) is 1. The number of pyridine rings is 1. The van der Waals surface area contributed by atoms with Gasteiger partial charge in [-0.1, -0.05) is 24.3 Å². The van der Waals surface area contributed by atoms with E-state index in [1.165, 1.54) is 0 Å². The first-order valence-corrected chi connectivity index (χ1v) is 6.33. The van der Waals surface area contributed by atoms with Crippen molar-refractivity contribution in [1.29, 1.82) is 0 Å². The third kappa shape index (κ3) is 5.68. The van der Waals surface area contributed by atoms with Crippen molar-refractivity contribution in [1.82, 2.24) is 4.98 Å². The molecule has 2 aromatic rings. The Hall–Kier alpha value is -1.67. The molecule has 0 spiro atoms. The molecule has 1 aromatic heterocycles. The number of nitrogens with zero attached hydrogens (tertiary/aromatic N) is 2. The summed E-state index contributed by atoms with van der Waals surface area (Å²) < 4.78 is 5.15. The number of hydrogen-bond acceptors (Lipinski definition) is 3. The molecule has 6 heteroatoms. The average molecular weight is 398 g/mol. The topological polar surface area (TPSA) is 72.5 Å². The number of methoxy groups -OCH3 is 1. The Kier molecular flexibility index (Phi) is 7.70. The highest BCUT2D eigenvalue weighted by atomic mass is 127. The standard InChI is InChI=1S/C15H18N4O.HI/c1-20-11-12-6-2-3-8-14(12)19-15(16)18-10-13-7-4-5-9-17-13;/h2-9H,10-11H2,1H3,(H3,16,18,19);1H. The molecule has 2 rings (SSSR count). The summed E-state index contributed by atoms with van der Waals surface area (Å²) in [5, 5.41) is 3.09. The van der Waals surface area contributed by atoms with Crippen LogP contribution in [0.3, 0.4) is 0 Å². The van der Waals surface area contributed by atoms with Crippen LogP contribution in [0.1, 0.15) is 11.3 Å². The number of para-hydroxylation sites is 1. The molecule has 112 valence electrons. The number of aliphatic imine (C=N–C) groups is 1. The Morgan fingerprint density at radius 2 is 2.00 bits per heavy atom. The van der Waals surface area contributed by atoms with E-state index in [4.69, 9.17) is 10.5 Å². The maximum atomic E-state index is 5.89. The van der Waals surface area contributed by atoms with Crippen LogP contribution in [0.5, 0.6) is 0 Å². The van der Waals surface area contributed by atoms with E-state index in [9.17, 15) is 0 Å². The van der Waals surface area contributed by atoms with Gasteiger partial charge in [0.05, 0.1) is 18.8 Å². The summed E-state index contributed by atoms with van der Waals surface area (Å²) in [7, 11) is 1.66. The van der Waals surface area contributed by atoms with E-state index in [1.54, 1.807) is 13.3 Å². The second-order valence-electron chi connectivity index (χ2n) is 4.24. The highest BCUT2D eigenvalue weighted by molar-refractivity contribution is 14.0. The van der Waals surface area contributed by atoms with Gasteiger partial charge in [-0.15, -0.1) is 24.0 Å². The van der Waals surface area contributed by atoms with Crippen molar-refractivity contribution < 1.29 is 4.74 Å². The van der Waals surface area contributed by atoms with Crippen molar-refractivity contribution in [2.75, 3.05) is 12.4 Å². The fourth-order valence-electron chi connectivity index (χ4n) is 1.76. The summed E-state index contributed by atoms with van der Waals surface area (Å²) in [6.45, 7) is 0.975. The molecule has 0 radical (unpaired) electrons. The molecule has 0 bridgehead atoms. The van der Waals surface area contributed by atoms with Crippen molar-refractivity contribution in [3.63, 3.8) is 0 Å². The maximum Gasteiger partial charge on any atom is 0.193 e. The number of benzene rings is 1. The first-order chi connectivity index (χ1) is 9.79. The third-order valence-corrected chi connectivity index (χ3v) is 2.72. The van der Waals surface area contributed by atoms with Gasteiger partial charge in [0.2, 0.25) is 0 Å². The predicted octanol–water partition coefficient (Wildman–Crippen LogP) is 2.77. The molecule has 1 aromatic carbocycles. The van der Waals surface area contributed by atoms with Crippen molar-refractivity contribution in [3.8, 4) is 0 Å². The van der Waals surface area contributed by atoms with Crippen LogP contribution >= 0.6 is 24.0 Å². The van der Waals surface area contributed by atoms with Gasteiger partial charge < -0.3 is 15.8 Å². The van der Waals surface area contributed by atoms with E-state index in [-0.39, 0.29) is 24.0 Å². The largest absolute Gasteiger partial charge is 0.380 e. The van der Waals surface area contributed by atoms with E-state index in [1.807, 2.05) is 42.5 Å². The fourth-order valence-corrected chi connectivity index (χ4v) is 1.76. The van der Waals surface area contributed by atoms with Crippen LogP contribution in [0.4, 0.5) is 5.69 Å². The van der Waals surface area contributed by atoms with Crippen molar-refractivity contribution in [3.05, 3.63) is 59.9 Å². The number of ether oxygens (including phenoxy) is 1. The summed E-state index contributed by atoms with van der Waals surface area (Å²) in [6, 6.07) is 13.5. The zero-order valence-corrected chi connectivity index (χ0v) is 14.2. The van der Waals surface area contributed by atoms with Crippen LogP contribution < -0.4 is 11.1 Å². The van der Waals surface area contributed by atoms with Crippen LogP contribution in [0.25, 0.3) is 0 Å². The number of anilines is 1. The van der Waals surface area contributed by atoms with Crippen LogP contribution in [0, 0.1) is 0 Å². The molecule has 0 aliphatic rings. The molecular formula is C15H19IN4O. The molecule has 0 unspecified atom stereocenters. The van der Waals surface area contributed by atoms with Gasteiger partial charge in [0.15, 0.2) is 5.96 Å². The molecule has 0 fully saturated rings. The van der Waals surface area contributed by atoms with Crippen molar-refractivity contribution in [2.24, 2.45) is 10.7 Å². The van der Waals surface area contributed by atoms with E-state index >= 15 is 0 Å². The van der Waals surface area contributed by atoms with Gasteiger partial charge in [-0.05, 0) is 18.2 Å². The van der Waals surface area contributed by atoms with Crippen LogP contribution in [-0.2, 0) is 17.9 Å². The first-order valence-electron chi connectivity index (χ1n) is 6.33. The van der Waals surface area contributed by atoms with Gasteiger partial charge in [0.25, 0.3) is 0 Å². The Morgan fingerprint density at radius 3 is 2.71 bits per heavy atom. The Labute approximate surface area is 141 Å². The molecule has 3 N–H and O–H groups in total. The molecular weight excluding hydrogens is 379 g/mol. The van der Waals surface area contributed by atoms with E-state index in [2.05, 4.69) is 15.3 Å². The molecule has 0 aliphatic heterocycles. The van der Waals surface area contributed by atoms with E-state index in [0.29, 0.717) is 19.1 Å². The van der Waals surface area contributed by atoms with E-state index < -0.39 is 0 Å². The minimum Gasteiger partial charge on any atom is -0.380 e. The highest BCUT2D eigenvalue weighted by Gasteiger charge is 2.02. The quantitative estimate of drug-likeness (QED) is 0.462. The molecule has 1 heterocycles. The number of guanidine groups is 1. The lowest BCUT2D eigenvalue weighted by molar-refractivity contribution is 0.185. The molecule has 21 heavy (non-hydrogen) atoms. The van der Waals surface area contributed by atoms with Gasteiger partial charge in [-0.3, -0.25) is 4.98 Å². The monoisotopic (exact) mass is 398 g/mol. The van der Waals surface area contributed by atoms with E-state index in [0.717, 1.165) is 16.9 Å². The smallest absolute Gasteiger partial charge is 0.193 e. The minimum atomic E-state index is 0. The predicted molar refractivity (Wildman–Crippen MR) is 95.8 cm³/mol. The summed E-state index contributed by atoms with van der Waals surface area (Å²) in [6.07, 6.45) is 1.74. The normalized spacial score (nSPS) is 10.8. The fraction of sp³-hybridized carbons (Fsp3) is 0.200. The molecule has 5 nitrogen and oxygen atoms in total. The zero-order chi connectivity index (χ0) is 14.2. The number of rotatable bonds is 5. The minimum absolute atomic E-state index is 0. The lowest BCUT2D eigenvalue weighted by Gasteiger charge is -2.10. The molecule has 0 saturated heterocycles. The molecule has 0 saturated carbocycles. The van der Waals surface area contributed by atoms with Crippen molar-refractivity contribution >= 4 is 35.6 Å². The molecule has 0 amide bonds. The zero-order valence-electron chi connectivity index (χ0n) is 11.8. The summed E-state index contributed by atoms with van der Waals surface area (Å²) in [4.78, 5) is 8.47. The van der Waals surface area contributed by atoms with Gasteiger partial charge in [-0.25, -0.2) is 4.99 Å². The number of nitrogens with one attached hydrogen (secondary N) is 1. The first kappa shape index (κ1) is 17.4. The Morgan fingerprint density at radius 1 is 1.24 bits per heavy atom.